The molecule has 2 aromatic rings. The van der Waals surface area contributed by atoms with Gasteiger partial charge in [0.25, 0.3) is 0 Å². The third kappa shape index (κ3) is 5.99. The minimum atomic E-state index is -0.939. The zero-order chi connectivity index (χ0) is 17.2. The summed E-state index contributed by atoms with van der Waals surface area (Å²) >= 11 is 0. The van der Waals surface area contributed by atoms with E-state index in [0.29, 0.717) is 0 Å². The van der Waals surface area contributed by atoms with E-state index in [4.69, 9.17) is 5.11 Å². The standard InChI is InChI=1S/C21H25NO2/c1-2-3-4-5-6-7-18-10-14-20(22-16-18)19-12-8-17(9-13-19)11-15-21(23)24/h8-16H,2-7H2,1H3,(H,23,24). The maximum atomic E-state index is 10.5. The number of hydrogen-bond acceptors (Lipinski definition) is 2. The number of nitrogens with zero attached hydrogens (tertiary/aromatic N) is 1. The van der Waals surface area contributed by atoms with Gasteiger partial charge in [-0.15, -0.1) is 0 Å². The van der Waals surface area contributed by atoms with Crippen LogP contribution >= 0.6 is 0 Å². The lowest BCUT2D eigenvalue weighted by atomic mass is 10.0. The number of aromatic nitrogens is 1. The molecule has 126 valence electrons. The highest BCUT2D eigenvalue weighted by molar-refractivity contribution is 5.85. The molecule has 0 bridgehead atoms. The number of pyridine rings is 1. The Morgan fingerprint density at radius 1 is 1.04 bits per heavy atom. The summed E-state index contributed by atoms with van der Waals surface area (Å²) in [4.78, 5) is 15.1. The van der Waals surface area contributed by atoms with Crippen molar-refractivity contribution in [1.82, 2.24) is 4.98 Å². The van der Waals surface area contributed by atoms with Gasteiger partial charge in [-0.3, -0.25) is 4.98 Å². The molecular formula is C21H25NO2. The highest BCUT2D eigenvalue weighted by atomic mass is 16.4. The molecule has 1 aromatic carbocycles. The number of aryl methyl sites for hydroxylation is 1. The van der Waals surface area contributed by atoms with Crippen molar-refractivity contribution in [3.8, 4) is 11.3 Å². The predicted octanol–water partition coefficient (Wildman–Crippen LogP) is 5.36. The fourth-order valence-electron chi connectivity index (χ4n) is 2.61. The molecule has 3 nitrogen and oxygen atoms in total. The molecule has 0 aliphatic rings. The lowest BCUT2D eigenvalue weighted by Crippen LogP contribution is -1.90. The van der Waals surface area contributed by atoms with Crippen LogP contribution in [0.2, 0.25) is 0 Å². The summed E-state index contributed by atoms with van der Waals surface area (Å²) in [5, 5.41) is 8.64. The van der Waals surface area contributed by atoms with Gasteiger partial charge in [0, 0.05) is 17.8 Å². The maximum Gasteiger partial charge on any atom is 0.328 e. The van der Waals surface area contributed by atoms with Crippen LogP contribution in [0.25, 0.3) is 17.3 Å². The fourth-order valence-corrected chi connectivity index (χ4v) is 2.61. The molecular weight excluding hydrogens is 298 g/mol. The van der Waals surface area contributed by atoms with Gasteiger partial charge in [-0.2, -0.15) is 0 Å². The van der Waals surface area contributed by atoms with Crippen LogP contribution in [-0.2, 0) is 11.2 Å². The summed E-state index contributed by atoms with van der Waals surface area (Å²) in [5.74, 6) is -0.939. The lowest BCUT2D eigenvalue weighted by molar-refractivity contribution is -0.131. The largest absolute Gasteiger partial charge is 0.478 e. The van der Waals surface area contributed by atoms with E-state index < -0.39 is 5.97 Å². The highest BCUT2D eigenvalue weighted by Crippen LogP contribution is 2.19. The van der Waals surface area contributed by atoms with E-state index in [0.717, 1.165) is 29.3 Å². The first-order valence-corrected chi connectivity index (χ1v) is 8.65. The van der Waals surface area contributed by atoms with E-state index in [-0.39, 0.29) is 0 Å². The van der Waals surface area contributed by atoms with Crippen molar-refractivity contribution in [2.24, 2.45) is 0 Å². The summed E-state index contributed by atoms with van der Waals surface area (Å²) in [6.07, 6.45) is 12.2. The summed E-state index contributed by atoms with van der Waals surface area (Å²) in [6.45, 7) is 2.23. The minimum absolute atomic E-state index is 0.866. The Labute approximate surface area is 144 Å². The Morgan fingerprint density at radius 2 is 1.79 bits per heavy atom. The molecule has 1 N–H and O–H groups in total. The second kappa shape index (κ2) is 9.66. The first kappa shape index (κ1) is 17.9. The average molecular weight is 323 g/mol. The van der Waals surface area contributed by atoms with Gasteiger partial charge in [0.15, 0.2) is 0 Å². The maximum absolute atomic E-state index is 10.5. The van der Waals surface area contributed by atoms with Gasteiger partial charge < -0.3 is 5.11 Å². The zero-order valence-corrected chi connectivity index (χ0v) is 14.2. The molecule has 0 atom stereocenters. The molecule has 1 heterocycles. The second-order valence-electron chi connectivity index (χ2n) is 6.01. The van der Waals surface area contributed by atoms with Crippen LogP contribution in [0.4, 0.5) is 0 Å². The molecule has 0 aliphatic carbocycles. The Balaban J connectivity index is 1.91. The third-order valence-electron chi connectivity index (χ3n) is 4.02. The third-order valence-corrected chi connectivity index (χ3v) is 4.02. The van der Waals surface area contributed by atoms with Gasteiger partial charge in [0.05, 0.1) is 5.69 Å². The molecule has 0 spiro atoms. The van der Waals surface area contributed by atoms with Gasteiger partial charge in [-0.25, -0.2) is 4.79 Å². The molecule has 0 saturated heterocycles. The van der Waals surface area contributed by atoms with Gasteiger partial charge in [0.2, 0.25) is 0 Å². The number of carboxylic acid groups (broad SMARTS) is 1. The van der Waals surface area contributed by atoms with Crippen molar-refractivity contribution in [1.29, 1.82) is 0 Å². The smallest absolute Gasteiger partial charge is 0.328 e. The van der Waals surface area contributed by atoms with Crippen LogP contribution in [-0.4, -0.2) is 16.1 Å². The molecule has 0 radical (unpaired) electrons. The van der Waals surface area contributed by atoms with E-state index in [1.165, 1.54) is 37.7 Å². The predicted molar refractivity (Wildman–Crippen MR) is 98.8 cm³/mol. The van der Waals surface area contributed by atoms with E-state index in [1.807, 2.05) is 30.5 Å². The molecule has 0 amide bonds. The van der Waals surface area contributed by atoms with E-state index in [2.05, 4.69) is 24.0 Å². The van der Waals surface area contributed by atoms with Gasteiger partial charge >= 0.3 is 5.97 Å². The fraction of sp³-hybridized carbons (Fsp3) is 0.333. The Morgan fingerprint density at radius 3 is 2.42 bits per heavy atom. The number of unbranched alkanes of at least 4 members (excludes halogenated alkanes) is 4. The topological polar surface area (TPSA) is 50.2 Å². The number of carbonyl (C=O) groups is 1. The van der Waals surface area contributed by atoms with Crippen LogP contribution in [0.5, 0.6) is 0 Å². The summed E-state index contributed by atoms with van der Waals surface area (Å²) in [7, 11) is 0. The molecule has 0 aliphatic heterocycles. The molecule has 0 saturated carbocycles. The highest BCUT2D eigenvalue weighted by Gasteiger charge is 2.00. The molecule has 24 heavy (non-hydrogen) atoms. The zero-order valence-electron chi connectivity index (χ0n) is 14.2. The monoisotopic (exact) mass is 323 g/mol. The Bertz CT molecular complexity index is 657. The summed E-state index contributed by atoms with van der Waals surface area (Å²) in [6, 6.07) is 11.9. The minimum Gasteiger partial charge on any atom is -0.478 e. The molecule has 1 aromatic heterocycles. The van der Waals surface area contributed by atoms with Gasteiger partial charge in [-0.05, 0) is 36.1 Å². The van der Waals surface area contributed by atoms with Crippen LogP contribution in [0, 0.1) is 0 Å². The normalized spacial score (nSPS) is 11.0. The summed E-state index contributed by atoms with van der Waals surface area (Å²) < 4.78 is 0. The van der Waals surface area contributed by atoms with Crippen molar-refractivity contribution >= 4 is 12.0 Å². The van der Waals surface area contributed by atoms with E-state index in [1.54, 1.807) is 6.08 Å². The van der Waals surface area contributed by atoms with Crippen molar-refractivity contribution < 1.29 is 9.90 Å². The van der Waals surface area contributed by atoms with Crippen LogP contribution in [0.1, 0.15) is 50.2 Å². The van der Waals surface area contributed by atoms with Crippen LogP contribution < -0.4 is 0 Å². The second-order valence-corrected chi connectivity index (χ2v) is 6.01. The van der Waals surface area contributed by atoms with Crippen molar-refractivity contribution in [3.05, 3.63) is 59.8 Å². The number of hydrogen-bond donors (Lipinski definition) is 1. The number of aliphatic carboxylic acids is 1. The quantitative estimate of drug-likeness (QED) is 0.499. The SMILES string of the molecule is CCCCCCCc1ccc(-c2ccc(C=CC(=O)O)cc2)nc1. The van der Waals surface area contributed by atoms with Crippen molar-refractivity contribution in [3.63, 3.8) is 0 Å². The van der Waals surface area contributed by atoms with Gasteiger partial charge in [-0.1, -0.05) is 62.9 Å². The number of carboxylic acids is 1. The van der Waals surface area contributed by atoms with Crippen molar-refractivity contribution in [2.75, 3.05) is 0 Å². The van der Waals surface area contributed by atoms with E-state index in [9.17, 15) is 4.79 Å². The first-order valence-electron chi connectivity index (χ1n) is 8.65. The average Bonchev–Trinajstić information content (AvgIpc) is 2.61. The summed E-state index contributed by atoms with van der Waals surface area (Å²) in [5.41, 5.74) is 4.14. The first-order chi connectivity index (χ1) is 11.7. The Kier molecular flexibility index (Phi) is 7.21. The molecule has 2 rings (SSSR count). The van der Waals surface area contributed by atoms with Crippen LogP contribution in [0.3, 0.4) is 0 Å². The number of benzene rings is 1. The lowest BCUT2D eigenvalue weighted by Gasteiger charge is -2.05. The van der Waals surface area contributed by atoms with E-state index >= 15 is 0 Å². The van der Waals surface area contributed by atoms with Gasteiger partial charge in [0.1, 0.15) is 0 Å². The van der Waals surface area contributed by atoms with Crippen LogP contribution in [0.15, 0.2) is 48.7 Å². The Hall–Kier alpha value is -2.42. The number of rotatable bonds is 9. The molecule has 0 unspecified atom stereocenters. The van der Waals surface area contributed by atoms with Crippen molar-refractivity contribution in [2.45, 2.75) is 45.4 Å². The molecule has 3 heteroatoms. The molecule has 0 fully saturated rings.